The van der Waals surface area contributed by atoms with Crippen LogP contribution >= 0.6 is 0 Å². The van der Waals surface area contributed by atoms with Crippen molar-refractivity contribution in [1.29, 1.82) is 0 Å². The van der Waals surface area contributed by atoms with Gasteiger partial charge in [0.2, 0.25) is 0 Å². The van der Waals surface area contributed by atoms with Gasteiger partial charge in [-0.15, -0.1) is 0 Å². The number of hydrogen-bond donors (Lipinski definition) is 1. The van der Waals surface area contributed by atoms with Crippen LogP contribution in [0.25, 0.3) is 0 Å². The second-order valence-electron chi connectivity index (χ2n) is 6.74. The van der Waals surface area contributed by atoms with Crippen molar-refractivity contribution in [2.45, 2.75) is 25.7 Å². The van der Waals surface area contributed by atoms with Gasteiger partial charge < -0.3 is 19.9 Å². The van der Waals surface area contributed by atoms with E-state index in [4.69, 9.17) is 4.74 Å². The van der Waals surface area contributed by atoms with Crippen LogP contribution < -0.4 is 10.1 Å². The highest BCUT2D eigenvalue weighted by molar-refractivity contribution is 5.89. The molecular weight excluding hydrogens is 309 g/mol. The van der Waals surface area contributed by atoms with Gasteiger partial charge in [-0.05, 0) is 50.4 Å². The first-order valence-corrected chi connectivity index (χ1v) is 8.77. The Kier molecular flexibility index (Phi) is 5.56. The number of rotatable bonds is 4. The van der Waals surface area contributed by atoms with E-state index < -0.39 is 5.82 Å². The number of carbonyl (C=O) groups excluding carboxylic acids is 1. The molecule has 2 aliphatic rings. The molecule has 0 aromatic heterocycles. The number of benzene rings is 1. The predicted molar refractivity (Wildman–Crippen MR) is 91.9 cm³/mol. The Morgan fingerprint density at radius 3 is 2.83 bits per heavy atom. The van der Waals surface area contributed by atoms with Crippen molar-refractivity contribution < 1.29 is 13.9 Å². The topological polar surface area (TPSA) is 44.8 Å². The molecule has 0 spiro atoms. The zero-order chi connectivity index (χ0) is 16.9. The fourth-order valence-corrected chi connectivity index (χ4v) is 3.59. The van der Waals surface area contributed by atoms with Crippen molar-refractivity contribution in [2.75, 3.05) is 45.2 Å². The quantitative estimate of drug-likeness (QED) is 0.919. The number of anilines is 1. The number of nitrogens with one attached hydrogen (secondary N) is 1. The monoisotopic (exact) mass is 335 g/mol. The summed E-state index contributed by atoms with van der Waals surface area (Å²) in [6, 6.07) is 4.12. The molecule has 0 bridgehead atoms. The third-order valence-electron chi connectivity index (χ3n) is 4.95. The Morgan fingerprint density at radius 1 is 1.29 bits per heavy atom. The highest BCUT2D eigenvalue weighted by Gasteiger charge is 2.28. The molecule has 1 atom stereocenters. The zero-order valence-corrected chi connectivity index (χ0v) is 14.3. The van der Waals surface area contributed by atoms with Crippen LogP contribution in [-0.2, 0) is 0 Å². The minimum absolute atomic E-state index is 0.166. The van der Waals surface area contributed by atoms with Gasteiger partial charge in [0.1, 0.15) is 11.6 Å². The standard InChI is InChI=1S/C18H26FN3O2/c1-24-15-5-6-16(19)17(11-15)20-18(23)22-10-7-14(13-22)12-21-8-3-2-4-9-21/h5-6,11,14H,2-4,7-10,12-13H2,1H3,(H,20,23). The molecule has 24 heavy (non-hydrogen) atoms. The van der Waals surface area contributed by atoms with E-state index in [-0.39, 0.29) is 11.7 Å². The molecule has 2 heterocycles. The molecular formula is C18H26FN3O2. The van der Waals surface area contributed by atoms with Crippen LogP contribution in [0, 0.1) is 11.7 Å². The average Bonchev–Trinajstić information content (AvgIpc) is 3.06. The molecule has 5 nitrogen and oxygen atoms in total. The number of nitrogens with zero attached hydrogens (tertiary/aromatic N) is 2. The first-order chi connectivity index (χ1) is 11.7. The van der Waals surface area contributed by atoms with Crippen molar-refractivity contribution >= 4 is 11.7 Å². The van der Waals surface area contributed by atoms with Crippen molar-refractivity contribution in [3.63, 3.8) is 0 Å². The molecule has 3 rings (SSSR count). The van der Waals surface area contributed by atoms with Crippen LogP contribution in [0.3, 0.4) is 0 Å². The van der Waals surface area contributed by atoms with E-state index >= 15 is 0 Å². The van der Waals surface area contributed by atoms with E-state index in [1.54, 1.807) is 4.90 Å². The molecule has 2 saturated heterocycles. The first kappa shape index (κ1) is 17.0. The summed E-state index contributed by atoms with van der Waals surface area (Å²) >= 11 is 0. The van der Waals surface area contributed by atoms with Gasteiger partial charge in [0.15, 0.2) is 0 Å². The van der Waals surface area contributed by atoms with E-state index in [2.05, 4.69) is 10.2 Å². The lowest BCUT2D eigenvalue weighted by Gasteiger charge is -2.29. The largest absolute Gasteiger partial charge is 0.497 e. The third kappa shape index (κ3) is 4.17. The SMILES string of the molecule is COc1ccc(F)c(NC(=O)N2CCC(CN3CCCCC3)C2)c1. The second kappa shape index (κ2) is 7.83. The number of methoxy groups -OCH3 is 1. The van der Waals surface area contributed by atoms with Gasteiger partial charge in [0.05, 0.1) is 12.8 Å². The highest BCUT2D eigenvalue weighted by atomic mass is 19.1. The third-order valence-corrected chi connectivity index (χ3v) is 4.95. The number of likely N-dealkylation sites (tertiary alicyclic amines) is 2. The maximum atomic E-state index is 13.8. The lowest BCUT2D eigenvalue weighted by atomic mass is 10.1. The summed E-state index contributed by atoms with van der Waals surface area (Å²) < 4.78 is 18.9. The molecule has 2 amide bonds. The van der Waals surface area contributed by atoms with Crippen LogP contribution in [0.4, 0.5) is 14.9 Å². The van der Waals surface area contributed by atoms with Gasteiger partial charge in [-0.3, -0.25) is 0 Å². The summed E-state index contributed by atoms with van der Waals surface area (Å²) in [5.74, 6) is 0.591. The van der Waals surface area contributed by atoms with Crippen LogP contribution in [0.2, 0.25) is 0 Å². The Morgan fingerprint density at radius 2 is 2.08 bits per heavy atom. The summed E-state index contributed by atoms with van der Waals surface area (Å²) in [5.41, 5.74) is 0.166. The second-order valence-corrected chi connectivity index (χ2v) is 6.74. The Hall–Kier alpha value is -1.82. The fourth-order valence-electron chi connectivity index (χ4n) is 3.59. The number of hydrogen-bond acceptors (Lipinski definition) is 3. The maximum absolute atomic E-state index is 13.8. The van der Waals surface area contributed by atoms with Crippen LogP contribution in [0.5, 0.6) is 5.75 Å². The summed E-state index contributed by atoms with van der Waals surface area (Å²) in [6.45, 7) is 4.90. The Labute approximate surface area is 142 Å². The summed E-state index contributed by atoms with van der Waals surface area (Å²) in [6.07, 6.45) is 4.92. The molecule has 2 aliphatic heterocycles. The highest BCUT2D eigenvalue weighted by Crippen LogP contribution is 2.24. The van der Waals surface area contributed by atoms with E-state index in [1.807, 2.05) is 0 Å². The van der Waals surface area contributed by atoms with Crippen molar-refractivity contribution in [1.82, 2.24) is 9.80 Å². The molecule has 1 aromatic carbocycles. The van der Waals surface area contributed by atoms with E-state index in [0.717, 1.165) is 26.1 Å². The van der Waals surface area contributed by atoms with Crippen LogP contribution in [0.1, 0.15) is 25.7 Å². The number of halogens is 1. The molecule has 1 aromatic rings. The van der Waals surface area contributed by atoms with Gasteiger partial charge in [-0.2, -0.15) is 0 Å². The minimum Gasteiger partial charge on any atom is -0.497 e. The van der Waals surface area contributed by atoms with Crippen molar-refractivity contribution in [3.05, 3.63) is 24.0 Å². The normalized spacial score (nSPS) is 21.8. The molecule has 132 valence electrons. The maximum Gasteiger partial charge on any atom is 0.321 e. The number of urea groups is 1. The number of carbonyl (C=O) groups is 1. The molecule has 1 unspecified atom stereocenters. The van der Waals surface area contributed by atoms with Crippen LogP contribution in [0.15, 0.2) is 18.2 Å². The molecule has 0 radical (unpaired) electrons. The van der Waals surface area contributed by atoms with E-state index in [1.165, 1.54) is 57.7 Å². The molecule has 2 fully saturated rings. The average molecular weight is 335 g/mol. The van der Waals surface area contributed by atoms with Gasteiger partial charge >= 0.3 is 6.03 Å². The zero-order valence-electron chi connectivity index (χ0n) is 14.3. The van der Waals surface area contributed by atoms with Gasteiger partial charge in [0.25, 0.3) is 0 Å². The molecule has 1 N–H and O–H groups in total. The summed E-state index contributed by atoms with van der Waals surface area (Å²) in [4.78, 5) is 16.7. The van der Waals surface area contributed by atoms with Gasteiger partial charge in [-0.25, -0.2) is 9.18 Å². The number of ether oxygens (including phenoxy) is 1. The van der Waals surface area contributed by atoms with Crippen molar-refractivity contribution in [3.8, 4) is 5.75 Å². The Balaban J connectivity index is 1.52. The molecule has 0 saturated carbocycles. The lowest BCUT2D eigenvalue weighted by Crippen LogP contribution is -2.37. The van der Waals surface area contributed by atoms with E-state index in [9.17, 15) is 9.18 Å². The molecule has 6 heteroatoms. The smallest absolute Gasteiger partial charge is 0.321 e. The van der Waals surface area contributed by atoms with Gasteiger partial charge in [0, 0.05) is 25.7 Å². The summed E-state index contributed by atoms with van der Waals surface area (Å²) in [7, 11) is 1.52. The predicted octanol–water partition coefficient (Wildman–Crippen LogP) is 3.17. The van der Waals surface area contributed by atoms with Crippen LogP contribution in [-0.4, -0.2) is 55.7 Å². The number of piperidine rings is 1. The molecule has 0 aliphatic carbocycles. The first-order valence-electron chi connectivity index (χ1n) is 8.77. The minimum atomic E-state index is -0.451. The van der Waals surface area contributed by atoms with Gasteiger partial charge in [-0.1, -0.05) is 6.42 Å². The lowest BCUT2D eigenvalue weighted by molar-refractivity contribution is 0.192. The number of amides is 2. The Bertz CT molecular complexity index is 575. The van der Waals surface area contributed by atoms with Crippen molar-refractivity contribution in [2.24, 2.45) is 5.92 Å². The summed E-state index contributed by atoms with van der Waals surface area (Å²) in [5, 5.41) is 2.67. The fraction of sp³-hybridized carbons (Fsp3) is 0.611. The van der Waals surface area contributed by atoms with E-state index in [0.29, 0.717) is 11.7 Å².